The first-order chi connectivity index (χ1) is 5.97. The Kier molecular flexibility index (Phi) is 2.96. The van der Waals surface area contributed by atoms with Gasteiger partial charge in [0, 0.05) is 5.54 Å². The van der Waals surface area contributed by atoms with Gasteiger partial charge in [-0.2, -0.15) is 0 Å². The molecule has 13 heavy (non-hydrogen) atoms. The third kappa shape index (κ3) is 2.69. The largest absolute Gasteiger partial charge is 0.350 e. The zero-order chi connectivity index (χ0) is 10.1. The van der Waals surface area contributed by atoms with Crippen LogP contribution < -0.4 is 11.1 Å². The van der Waals surface area contributed by atoms with Gasteiger partial charge in [0.2, 0.25) is 5.91 Å². The molecular weight excluding hydrogens is 164 g/mol. The van der Waals surface area contributed by atoms with Crippen molar-refractivity contribution < 1.29 is 4.79 Å². The Hall–Kier alpha value is -0.570. The summed E-state index contributed by atoms with van der Waals surface area (Å²) in [4.78, 5) is 11.5. The lowest BCUT2D eigenvalue weighted by molar-refractivity contribution is -0.124. The molecule has 3 nitrogen and oxygen atoms in total. The van der Waals surface area contributed by atoms with E-state index in [0.29, 0.717) is 12.3 Å². The summed E-state index contributed by atoms with van der Waals surface area (Å²) >= 11 is 0. The van der Waals surface area contributed by atoms with E-state index in [-0.39, 0.29) is 17.5 Å². The van der Waals surface area contributed by atoms with Crippen LogP contribution in [-0.4, -0.2) is 17.5 Å². The van der Waals surface area contributed by atoms with Gasteiger partial charge in [-0.25, -0.2) is 0 Å². The summed E-state index contributed by atoms with van der Waals surface area (Å²) in [6, 6.07) is -0.349. The molecule has 0 saturated heterocycles. The monoisotopic (exact) mass is 184 g/mol. The van der Waals surface area contributed by atoms with Crippen molar-refractivity contribution in [2.75, 3.05) is 0 Å². The first-order valence-electron chi connectivity index (χ1n) is 5.05. The predicted octanol–water partition coefficient (Wildman–Crippen LogP) is 1.03. The molecule has 1 saturated carbocycles. The summed E-state index contributed by atoms with van der Waals surface area (Å²) in [6.07, 6.45) is 3.16. The molecule has 1 aliphatic carbocycles. The highest BCUT2D eigenvalue weighted by Gasteiger charge is 2.39. The van der Waals surface area contributed by atoms with Gasteiger partial charge < -0.3 is 11.1 Å². The van der Waals surface area contributed by atoms with E-state index in [1.807, 2.05) is 6.92 Å². The van der Waals surface area contributed by atoms with Crippen molar-refractivity contribution in [3.63, 3.8) is 0 Å². The van der Waals surface area contributed by atoms with Crippen LogP contribution in [0.25, 0.3) is 0 Å². The molecule has 1 fully saturated rings. The van der Waals surface area contributed by atoms with Crippen molar-refractivity contribution in [3.05, 3.63) is 0 Å². The third-order valence-corrected chi connectivity index (χ3v) is 2.82. The van der Waals surface area contributed by atoms with E-state index in [9.17, 15) is 4.79 Å². The van der Waals surface area contributed by atoms with Gasteiger partial charge in [0.15, 0.2) is 0 Å². The molecule has 0 aromatic rings. The van der Waals surface area contributed by atoms with Crippen LogP contribution in [0.3, 0.4) is 0 Å². The normalized spacial score (nSPS) is 19.7. The maximum Gasteiger partial charge on any atom is 0.237 e. The Morgan fingerprint density at radius 3 is 2.54 bits per heavy atom. The smallest absolute Gasteiger partial charge is 0.237 e. The number of amides is 1. The van der Waals surface area contributed by atoms with Crippen molar-refractivity contribution in [1.82, 2.24) is 5.32 Å². The quantitative estimate of drug-likeness (QED) is 0.685. The van der Waals surface area contributed by atoms with Crippen LogP contribution in [0.2, 0.25) is 0 Å². The lowest BCUT2D eigenvalue weighted by Crippen LogP contribution is -2.51. The maximum absolute atomic E-state index is 11.5. The molecule has 0 aromatic heterocycles. The first-order valence-corrected chi connectivity index (χ1v) is 5.05. The second kappa shape index (κ2) is 3.66. The van der Waals surface area contributed by atoms with Gasteiger partial charge in [0.1, 0.15) is 0 Å². The van der Waals surface area contributed by atoms with E-state index in [4.69, 9.17) is 5.73 Å². The Morgan fingerprint density at radius 1 is 1.62 bits per heavy atom. The van der Waals surface area contributed by atoms with Crippen molar-refractivity contribution in [2.45, 2.75) is 51.6 Å². The minimum absolute atomic E-state index is 0.0144. The fourth-order valence-electron chi connectivity index (χ4n) is 1.50. The Labute approximate surface area is 80.1 Å². The van der Waals surface area contributed by atoms with Crippen LogP contribution >= 0.6 is 0 Å². The van der Waals surface area contributed by atoms with Gasteiger partial charge in [-0.1, -0.05) is 6.92 Å². The number of hydrogen-bond acceptors (Lipinski definition) is 2. The van der Waals surface area contributed by atoms with Crippen molar-refractivity contribution in [3.8, 4) is 0 Å². The molecule has 1 atom stereocenters. The van der Waals surface area contributed by atoms with Gasteiger partial charge >= 0.3 is 0 Å². The minimum Gasteiger partial charge on any atom is -0.350 e. The molecule has 0 radical (unpaired) electrons. The average molecular weight is 184 g/mol. The van der Waals surface area contributed by atoms with Gasteiger partial charge in [0.25, 0.3) is 0 Å². The summed E-state index contributed by atoms with van der Waals surface area (Å²) in [7, 11) is 0. The number of rotatable bonds is 4. The standard InChI is InChI=1S/C10H20N2O/c1-4-8(11)9(13)12-10(2,3)7-5-6-7/h7-8H,4-6,11H2,1-3H3,(H,12,13)/t8-/m0/s1. The molecule has 1 rings (SSSR count). The highest BCUT2D eigenvalue weighted by molar-refractivity contribution is 5.82. The Balaban J connectivity index is 2.42. The van der Waals surface area contributed by atoms with Crippen molar-refractivity contribution in [2.24, 2.45) is 11.7 Å². The molecule has 1 aliphatic rings. The average Bonchev–Trinajstić information content (AvgIpc) is 2.84. The summed E-state index contributed by atoms with van der Waals surface area (Å²) in [5, 5.41) is 3.00. The first kappa shape index (κ1) is 10.5. The van der Waals surface area contributed by atoms with E-state index in [2.05, 4.69) is 19.2 Å². The van der Waals surface area contributed by atoms with Gasteiger partial charge in [0.05, 0.1) is 6.04 Å². The van der Waals surface area contributed by atoms with Crippen molar-refractivity contribution >= 4 is 5.91 Å². The molecule has 3 heteroatoms. The van der Waals surface area contributed by atoms with E-state index in [1.165, 1.54) is 12.8 Å². The van der Waals surface area contributed by atoms with E-state index >= 15 is 0 Å². The summed E-state index contributed by atoms with van der Waals surface area (Å²) in [5.74, 6) is 0.639. The number of nitrogens with one attached hydrogen (secondary N) is 1. The maximum atomic E-state index is 11.5. The molecular formula is C10H20N2O. The van der Waals surface area contributed by atoms with Crippen molar-refractivity contribution in [1.29, 1.82) is 0 Å². The molecule has 0 bridgehead atoms. The predicted molar refractivity (Wildman–Crippen MR) is 53.2 cm³/mol. The number of carbonyl (C=O) groups excluding carboxylic acids is 1. The van der Waals surface area contributed by atoms with Gasteiger partial charge in [-0.05, 0) is 39.0 Å². The summed E-state index contributed by atoms with van der Waals surface area (Å²) < 4.78 is 0. The van der Waals surface area contributed by atoms with Crippen LogP contribution in [0.15, 0.2) is 0 Å². The fourth-order valence-corrected chi connectivity index (χ4v) is 1.50. The van der Waals surface area contributed by atoms with Gasteiger partial charge in [-0.15, -0.1) is 0 Å². The van der Waals surface area contributed by atoms with Crippen LogP contribution in [0.1, 0.15) is 40.0 Å². The van der Waals surface area contributed by atoms with E-state index in [1.54, 1.807) is 0 Å². The fraction of sp³-hybridized carbons (Fsp3) is 0.900. The van der Waals surface area contributed by atoms with Crippen LogP contribution in [-0.2, 0) is 4.79 Å². The minimum atomic E-state index is -0.349. The zero-order valence-electron chi connectivity index (χ0n) is 8.76. The lowest BCUT2D eigenvalue weighted by Gasteiger charge is -2.27. The van der Waals surface area contributed by atoms with E-state index in [0.717, 1.165) is 0 Å². The molecule has 1 amide bonds. The molecule has 3 N–H and O–H groups in total. The van der Waals surface area contributed by atoms with Crippen LogP contribution in [0, 0.1) is 5.92 Å². The second-order valence-corrected chi connectivity index (χ2v) is 4.50. The number of carbonyl (C=O) groups is 1. The highest BCUT2D eigenvalue weighted by Crippen LogP contribution is 2.39. The zero-order valence-corrected chi connectivity index (χ0v) is 8.76. The lowest BCUT2D eigenvalue weighted by atomic mass is 9.98. The SMILES string of the molecule is CC[C@H](N)C(=O)NC(C)(C)C1CC1. The van der Waals surface area contributed by atoms with Crippen LogP contribution in [0.5, 0.6) is 0 Å². The Bertz CT molecular complexity index is 197. The molecule has 0 aromatic carbocycles. The molecule has 0 unspecified atom stereocenters. The van der Waals surface area contributed by atoms with Crippen LogP contribution in [0.4, 0.5) is 0 Å². The molecule has 0 heterocycles. The summed E-state index contributed by atoms with van der Waals surface area (Å²) in [5.41, 5.74) is 5.57. The summed E-state index contributed by atoms with van der Waals surface area (Å²) in [6.45, 7) is 6.07. The number of hydrogen-bond donors (Lipinski definition) is 2. The van der Waals surface area contributed by atoms with Gasteiger partial charge in [-0.3, -0.25) is 4.79 Å². The second-order valence-electron chi connectivity index (χ2n) is 4.50. The highest BCUT2D eigenvalue weighted by atomic mass is 16.2. The van der Waals surface area contributed by atoms with E-state index < -0.39 is 0 Å². The molecule has 76 valence electrons. The number of nitrogens with two attached hydrogens (primary N) is 1. The third-order valence-electron chi connectivity index (χ3n) is 2.82. The molecule has 0 aliphatic heterocycles. The topological polar surface area (TPSA) is 55.1 Å². The molecule has 0 spiro atoms. The Morgan fingerprint density at radius 2 is 2.15 bits per heavy atom.